The fourth-order valence-electron chi connectivity index (χ4n) is 5.16. The Bertz CT molecular complexity index is 1110. The third kappa shape index (κ3) is 5.27. The van der Waals surface area contributed by atoms with E-state index in [1.807, 2.05) is 20.8 Å². The number of rotatable bonds is 5. The number of carbonyl (C=O) groups excluding carboxylic acids is 1. The molecule has 0 bridgehead atoms. The number of hydrogen-bond acceptors (Lipinski definition) is 6. The van der Waals surface area contributed by atoms with E-state index in [9.17, 15) is 19.8 Å². The molecule has 0 unspecified atom stereocenters. The number of nitrogens with zero attached hydrogens (tertiary/aromatic N) is 5. The summed E-state index contributed by atoms with van der Waals surface area (Å²) in [5, 5.41) is 20.7. The maximum absolute atomic E-state index is 13.8. The van der Waals surface area contributed by atoms with Crippen LogP contribution in [0, 0.1) is 0 Å². The standard InChI is InChI=1S/C26H34ClN5O4/c1-16-13-20(33)22-21(16)23(29-15-28-22)30-9-11-31(12-10-30)24(34)19(17-5-7-18(27)8-6-17)14-32(25(35)36)26(2,3)4/h5-8,15-16,19-20,33H,9-14H2,1-4H3,(H,35,36)/t16-,19-,20-/m1/s1. The minimum absolute atomic E-state index is 0.0499. The molecule has 1 aromatic carbocycles. The summed E-state index contributed by atoms with van der Waals surface area (Å²) >= 11 is 6.08. The number of aliphatic hydroxyl groups is 1. The van der Waals surface area contributed by atoms with E-state index >= 15 is 0 Å². The van der Waals surface area contributed by atoms with E-state index in [-0.39, 0.29) is 18.4 Å². The molecule has 1 aliphatic carbocycles. The van der Waals surface area contributed by atoms with E-state index in [2.05, 4.69) is 21.8 Å². The molecule has 4 rings (SSSR count). The molecule has 0 radical (unpaired) electrons. The van der Waals surface area contributed by atoms with Gasteiger partial charge in [-0.2, -0.15) is 0 Å². The Morgan fingerprint density at radius 2 is 1.78 bits per heavy atom. The normalized spacial score (nSPS) is 20.7. The maximum atomic E-state index is 13.8. The smallest absolute Gasteiger partial charge is 0.407 e. The van der Waals surface area contributed by atoms with Crippen molar-refractivity contribution in [2.75, 3.05) is 37.6 Å². The van der Waals surface area contributed by atoms with Gasteiger partial charge in [0.25, 0.3) is 0 Å². The van der Waals surface area contributed by atoms with Crippen LogP contribution in [0.2, 0.25) is 5.02 Å². The predicted molar refractivity (Wildman–Crippen MR) is 137 cm³/mol. The highest BCUT2D eigenvalue weighted by Crippen LogP contribution is 2.42. The molecule has 2 amide bonds. The molecule has 36 heavy (non-hydrogen) atoms. The second-order valence-electron chi connectivity index (χ2n) is 10.6. The highest BCUT2D eigenvalue weighted by Gasteiger charge is 2.37. The van der Waals surface area contributed by atoms with E-state index < -0.39 is 23.7 Å². The molecule has 2 aliphatic rings. The number of anilines is 1. The first-order valence-electron chi connectivity index (χ1n) is 12.3. The molecule has 3 atom stereocenters. The lowest BCUT2D eigenvalue weighted by Crippen LogP contribution is -2.53. The van der Waals surface area contributed by atoms with Gasteiger partial charge in [0, 0.05) is 48.8 Å². The van der Waals surface area contributed by atoms with Crippen molar-refractivity contribution in [3.05, 3.63) is 52.4 Å². The molecule has 1 aliphatic heterocycles. The molecule has 2 aromatic rings. The average Bonchev–Trinajstić information content (AvgIpc) is 3.12. The van der Waals surface area contributed by atoms with Gasteiger partial charge in [-0.1, -0.05) is 30.7 Å². The summed E-state index contributed by atoms with van der Waals surface area (Å²) in [5.74, 6) is 0.238. The quantitative estimate of drug-likeness (QED) is 0.621. The van der Waals surface area contributed by atoms with E-state index in [1.54, 1.807) is 29.2 Å². The SMILES string of the molecule is C[C@@H]1C[C@@H](O)c2ncnc(N3CCN(C(=O)[C@H](CN(C(=O)O)C(C)(C)C)c4ccc(Cl)cc4)CC3)c21. The second kappa shape index (κ2) is 10.2. The molecule has 1 aromatic heterocycles. The number of benzene rings is 1. The number of halogens is 1. The van der Waals surface area contributed by atoms with Crippen LogP contribution >= 0.6 is 11.6 Å². The fourth-order valence-corrected chi connectivity index (χ4v) is 5.28. The van der Waals surface area contributed by atoms with Crippen molar-refractivity contribution < 1.29 is 19.8 Å². The molecular formula is C26H34ClN5O4. The Balaban J connectivity index is 1.54. The highest BCUT2D eigenvalue weighted by atomic mass is 35.5. The van der Waals surface area contributed by atoms with Crippen LogP contribution in [0.3, 0.4) is 0 Å². The number of piperazine rings is 1. The first-order valence-corrected chi connectivity index (χ1v) is 12.7. The van der Waals surface area contributed by atoms with Gasteiger partial charge < -0.3 is 24.9 Å². The maximum Gasteiger partial charge on any atom is 0.407 e. The molecule has 0 saturated carbocycles. The van der Waals surface area contributed by atoms with Gasteiger partial charge >= 0.3 is 6.09 Å². The van der Waals surface area contributed by atoms with Crippen molar-refractivity contribution in [1.29, 1.82) is 0 Å². The van der Waals surface area contributed by atoms with Crippen molar-refractivity contribution in [3.8, 4) is 0 Å². The summed E-state index contributed by atoms with van der Waals surface area (Å²) in [6.07, 6.45) is 0.500. The van der Waals surface area contributed by atoms with E-state index in [1.165, 1.54) is 11.2 Å². The van der Waals surface area contributed by atoms with Crippen LogP contribution in [0.5, 0.6) is 0 Å². The molecule has 0 spiro atoms. The summed E-state index contributed by atoms with van der Waals surface area (Å²) < 4.78 is 0. The predicted octanol–water partition coefficient (Wildman–Crippen LogP) is 3.88. The lowest BCUT2D eigenvalue weighted by Gasteiger charge is -2.40. The largest absolute Gasteiger partial charge is 0.465 e. The first kappa shape index (κ1) is 26.2. The Kier molecular flexibility index (Phi) is 7.43. The summed E-state index contributed by atoms with van der Waals surface area (Å²) in [7, 11) is 0. The summed E-state index contributed by atoms with van der Waals surface area (Å²) in [6.45, 7) is 9.74. The van der Waals surface area contributed by atoms with Crippen LogP contribution in [0.15, 0.2) is 30.6 Å². The Morgan fingerprint density at radius 3 is 2.36 bits per heavy atom. The zero-order chi connectivity index (χ0) is 26.2. The van der Waals surface area contributed by atoms with Gasteiger partial charge in [0.1, 0.15) is 12.1 Å². The molecule has 10 heteroatoms. The van der Waals surface area contributed by atoms with Gasteiger partial charge in [-0.15, -0.1) is 0 Å². The van der Waals surface area contributed by atoms with Gasteiger partial charge in [0.2, 0.25) is 5.91 Å². The molecular weight excluding hydrogens is 482 g/mol. The van der Waals surface area contributed by atoms with Crippen LogP contribution < -0.4 is 4.90 Å². The number of hydrogen-bond donors (Lipinski definition) is 2. The highest BCUT2D eigenvalue weighted by molar-refractivity contribution is 6.30. The van der Waals surface area contributed by atoms with Crippen LogP contribution in [0.1, 0.15) is 68.9 Å². The third-order valence-electron chi connectivity index (χ3n) is 7.15. The molecule has 1 saturated heterocycles. The number of aliphatic hydroxyl groups excluding tert-OH is 1. The lowest BCUT2D eigenvalue weighted by molar-refractivity contribution is -0.133. The van der Waals surface area contributed by atoms with Crippen LogP contribution in [-0.2, 0) is 4.79 Å². The van der Waals surface area contributed by atoms with Gasteiger partial charge in [-0.25, -0.2) is 14.8 Å². The molecule has 194 valence electrons. The Labute approximate surface area is 216 Å². The van der Waals surface area contributed by atoms with Crippen LogP contribution in [0.25, 0.3) is 0 Å². The number of carbonyl (C=O) groups is 2. The number of fused-ring (bicyclic) bond motifs is 1. The van der Waals surface area contributed by atoms with E-state index in [0.29, 0.717) is 43.3 Å². The Morgan fingerprint density at radius 1 is 1.14 bits per heavy atom. The van der Waals surface area contributed by atoms with Gasteiger partial charge in [0.15, 0.2) is 0 Å². The number of carboxylic acid groups (broad SMARTS) is 1. The second-order valence-corrected chi connectivity index (χ2v) is 11.1. The molecule has 1 fully saturated rings. The minimum atomic E-state index is -1.06. The summed E-state index contributed by atoms with van der Waals surface area (Å²) in [4.78, 5) is 39.9. The van der Waals surface area contributed by atoms with Crippen molar-refractivity contribution in [1.82, 2.24) is 19.8 Å². The fraction of sp³-hybridized carbons (Fsp3) is 0.538. The minimum Gasteiger partial charge on any atom is -0.465 e. The van der Waals surface area contributed by atoms with Gasteiger partial charge in [0.05, 0.1) is 17.7 Å². The lowest BCUT2D eigenvalue weighted by atomic mass is 9.94. The van der Waals surface area contributed by atoms with Gasteiger partial charge in [-0.05, 0) is 50.8 Å². The van der Waals surface area contributed by atoms with Crippen LogP contribution in [0.4, 0.5) is 10.6 Å². The molecule has 9 nitrogen and oxygen atoms in total. The third-order valence-corrected chi connectivity index (χ3v) is 7.40. The van der Waals surface area contributed by atoms with Crippen molar-refractivity contribution in [3.63, 3.8) is 0 Å². The zero-order valence-corrected chi connectivity index (χ0v) is 21.9. The monoisotopic (exact) mass is 515 g/mol. The van der Waals surface area contributed by atoms with Crippen molar-refractivity contribution >= 4 is 29.4 Å². The van der Waals surface area contributed by atoms with Gasteiger partial charge in [-0.3, -0.25) is 4.79 Å². The van der Waals surface area contributed by atoms with E-state index in [4.69, 9.17) is 11.6 Å². The van der Waals surface area contributed by atoms with E-state index in [0.717, 1.165) is 16.9 Å². The first-order chi connectivity index (χ1) is 17.0. The van der Waals surface area contributed by atoms with Crippen molar-refractivity contribution in [2.45, 2.75) is 57.6 Å². The molecule has 2 N–H and O–H groups in total. The van der Waals surface area contributed by atoms with Crippen molar-refractivity contribution in [2.24, 2.45) is 0 Å². The number of aromatic nitrogens is 2. The summed E-state index contributed by atoms with van der Waals surface area (Å²) in [6, 6.07) is 7.03. The Hall–Kier alpha value is -2.91. The average molecular weight is 516 g/mol. The molecule has 2 heterocycles. The number of amides is 2. The zero-order valence-electron chi connectivity index (χ0n) is 21.2. The van der Waals surface area contributed by atoms with Crippen LogP contribution in [-0.4, -0.2) is 80.2 Å². The topological polar surface area (TPSA) is 110 Å². The summed E-state index contributed by atoms with van der Waals surface area (Å²) in [5.41, 5.74) is 1.76.